The van der Waals surface area contributed by atoms with Gasteiger partial charge in [-0.15, -0.1) is 0 Å². The van der Waals surface area contributed by atoms with Gasteiger partial charge in [-0.25, -0.2) is 0 Å². The molecule has 0 spiro atoms. The van der Waals surface area contributed by atoms with Gasteiger partial charge in [0.2, 0.25) is 0 Å². The Balaban J connectivity index is 2.35. The van der Waals surface area contributed by atoms with Crippen LogP contribution >= 0.6 is 15.9 Å². The predicted octanol–water partition coefficient (Wildman–Crippen LogP) is 3.70. The molecule has 7 nitrogen and oxygen atoms in total. The minimum Gasteiger partial charge on any atom is -0.494 e. The molecule has 0 aliphatic carbocycles. The molecule has 0 fully saturated rings. The Labute approximate surface area is 135 Å². The molecule has 0 heterocycles. The van der Waals surface area contributed by atoms with Crippen molar-refractivity contribution in [3.63, 3.8) is 0 Å². The lowest BCUT2D eigenvalue weighted by molar-refractivity contribution is 0.417. The maximum atomic E-state index is 11.1. The standard InChI is InChI=1S/C13H12BrN3O4S/c1-21-12-7-9(6-11(14)13(12)15)17-16-8-3-2-4-10(5-8)22(18,19)20/h2-7H,15H2,1H3,(H,18,19,20). The third-order valence-electron chi connectivity index (χ3n) is 2.69. The van der Waals surface area contributed by atoms with Gasteiger partial charge in [-0.05, 0) is 40.2 Å². The first-order chi connectivity index (χ1) is 10.3. The SMILES string of the molecule is COc1cc(N=Nc2cccc(S(=O)(=O)O)c2)cc(Br)c1N. The van der Waals surface area contributed by atoms with Crippen LogP contribution in [0.4, 0.5) is 17.1 Å². The van der Waals surface area contributed by atoms with Crippen LogP contribution in [0.3, 0.4) is 0 Å². The van der Waals surface area contributed by atoms with Crippen molar-refractivity contribution in [2.24, 2.45) is 10.2 Å². The van der Waals surface area contributed by atoms with Crippen LogP contribution in [0.2, 0.25) is 0 Å². The summed E-state index contributed by atoms with van der Waals surface area (Å²) in [5.41, 5.74) is 6.99. The number of methoxy groups -OCH3 is 1. The van der Waals surface area contributed by atoms with Gasteiger partial charge in [0.15, 0.2) is 0 Å². The van der Waals surface area contributed by atoms with Gasteiger partial charge in [-0.3, -0.25) is 4.55 Å². The number of benzene rings is 2. The van der Waals surface area contributed by atoms with Crippen LogP contribution in [0.5, 0.6) is 5.75 Å². The second-order valence-corrected chi connectivity index (χ2v) is 6.49. The smallest absolute Gasteiger partial charge is 0.294 e. The Morgan fingerprint density at radius 1 is 1.18 bits per heavy atom. The zero-order chi connectivity index (χ0) is 16.3. The molecule has 2 rings (SSSR count). The number of azo groups is 1. The Morgan fingerprint density at radius 2 is 1.86 bits per heavy atom. The Hall–Kier alpha value is -1.97. The fourth-order valence-corrected chi connectivity index (χ4v) is 2.58. The fraction of sp³-hybridized carbons (Fsp3) is 0.0769. The molecule has 0 saturated heterocycles. The summed E-state index contributed by atoms with van der Waals surface area (Å²) < 4.78 is 36.9. The maximum Gasteiger partial charge on any atom is 0.294 e. The van der Waals surface area contributed by atoms with Gasteiger partial charge in [0.25, 0.3) is 10.1 Å². The molecule has 0 bridgehead atoms. The highest BCUT2D eigenvalue weighted by molar-refractivity contribution is 9.10. The summed E-state index contributed by atoms with van der Waals surface area (Å²) in [7, 11) is -2.80. The lowest BCUT2D eigenvalue weighted by atomic mass is 10.2. The molecular formula is C13H12BrN3O4S. The molecule has 0 aliphatic rings. The Kier molecular flexibility index (Phi) is 4.79. The summed E-state index contributed by atoms with van der Waals surface area (Å²) in [4.78, 5) is -0.250. The molecule has 2 aromatic carbocycles. The minimum atomic E-state index is -4.28. The second-order valence-electron chi connectivity index (χ2n) is 4.22. The van der Waals surface area contributed by atoms with Crippen molar-refractivity contribution >= 4 is 43.1 Å². The molecule has 0 amide bonds. The predicted molar refractivity (Wildman–Crippen MR) is 85.5 cm³/mol. The van der Waals surface area contributed by atoms with E-state index in [1.807, 2.05) is 0 Å². The summed E-state index contributed by atoms with van der Waals surface area (Å²) in [6, 6.07) is 8.72. The highest BCUT2D eigenvalue weighted by Gasteiger charge is 2.10. The van der Waals surface area contributed by atoms with Gasteiger partial charge in [0.1, 0.15) is 5.75 Å². The van der Waals surface area contributed by atoms with Crippen molar-refractivity contribution in [3.8, 4) is 5.75 Å². The van der Waals surface area contributed by atoms with Gasteiger partial charge in [-0.1, -0.05) is 6.07 Å². The first-order valence-corrected chi connectivity index (χ1v) is 8.17. The van der Waals surface area contributed by atoms with Gasteiger partial charge >= 0.3 is 0 Å². The monoisotopic (exact) mass is 385 g/mol. The summed E-state index contributed by atoms with van der Waals surface area (Å²) in [6.45, 7) is 0. The number of nitrogens with two attached hydrogens (primary N) is 1. The first-order valence-electron chi connectivity index (χ1n) is 5.93. The van der Waals surface area contributed by atoms with E-state index in [2.05, 4.69) is 26.2 Å². The molecule has 22 heavy (non-hydrogen) atoms. The van der Waals surface area contributed by atoms with E-state index in [9.17, 15) is 8.42 Å². The molecule has 2 aromatic rings. The number of halogens is 1. The van der Waals surface area contributed by atoms with E-state index in [-0.39, 0.29) is 10.6 Å². The topological polar surface area (TPSA) is 114 Å². The van der Waals surface area contributed by atoms with E-state index < -0.39 is 10.1 Å². The molecule has 0 radical (unpaired) electrons. The molecule has 9 heteroatoms. The number of nitrogens with zero attached hydrogens (tertiary/aromatic N) is 2. The van der Waals surface area contributed by atoms with Crippen molar-refractivity contribution < 1.29 is 17.7 Å². The molecule has 116 valence electrons. The third kappa shape index (κ3) is 3.81. The van der Waals surface area contributed by atoms with Crippen molar-refractivity contribution in [3.05, 3.63) is 40.9 Å². The molecule has 0 atom stereocenters. The van der Waals surface area contributed by atoms with E-state index >= 15 is 0 Å². The fourth-order valence-electron chi connectivity index (χ4n) is 1.63. The van der Waals surface area contributed by atoms with Gasteiger partial charge < -0.3 is 10.5 Å². The number of nitrogen functional groups attached to an aromatic ring is 1. The van der Waals surface area contributed by atoms with Crippen LogP contribution in [0.25, 0.3) is 0 Å². The van der Waals surface area contributed by atoms with E-state index in [1.165, 1.54) is 25.3 Å². The second kappa shape index (κ2) is 6.42. The van der Waals surface area contributed by atoms with Crippen LogP contribution in [0.15, 0.2) is 56.0 Å². The summed E-state index contributed by atoms with van der Waals surface area (Å²) in [5.74, 6) is 0.440. The maximum absolute atomic E-state index is 11.1. The molecule has 0 unspecified atom stereocenters. The van der Waals surface area contributed by atoms with E-state index in [4.69, 9.17) is 15.0 Å². The Bertz CT molecular complexity index is 837. The number of hydrogen-bond donors (Lipinski definition) is 2. The van der Waals surface area contributed by atoms with E-state index in [1.54, 1.807) is 18.2 Å². The number of ether oxygens (including phenoxy) is 1. The van der Waals surface area contributed by atoms with Crippen LogP contribution in [-0.4, -0.2) is 20.1 Å². The lowest BCUT2D eigenvalue weighted by Gasteiger charge is -2.06. The summed E-state index contributed by atoms with van der Waals surface area (Å²) >= 11 is 3.28. The molecule has 0 saturated carbocycles. The quantitative estimate of drug-likeness (QED) is 0.472. The normalized spacial score (nSPS) is 11.8. The van der Waals surface area contributed by atoms with Crippen molar-refractivity contribution in [2.75, 3.05) is 12.8 Å². The van der Waals surface area contributed by atoms with Gasteiger partial charge in [0, 0.05) is 10.5 Å². The minimum absolute atomic E-state index is 0.250. The summed E-state index contributed by atoms with van der Waals surface area (Å²) in [6.07, 6.45) is 0. The van der Waals surface area contributed by atoms with Crippen LogP contribution in [0.1, 0.15) is 0 Å². The molecule has 3 N–H and O–H groups in total. The zero-order valence-corrected chi connectivity index (χ0v) is 13.8. The summed E-state index contributed by atoms with van der Waals surface area (Å²) in [5, 5.41) is 7.92. The third-order valence-corrected chi connectivity index (χ3v) is 4.20. The number of hydrogen-bond acceptors (Lipinski definition) is 6. The molecule has 0 aromatic heterocycles. The average molecular weight is 386 g/mol. The van der Waals surface area contributed by atoms with Crippen molar-refractivity contribution in [1.82, 2.24) is 0 Å². The highest BCUT2D eigenvalue weighted by atomic mass is 79.9. The molecule has 0 aliphatic heterocycles. The van der Waals surface area contributed by atoms with Crippen molar-refractivity contribution in [1.29, 1.82) is 0 Å². The van der Waals surface area contributed by atoms with Gasteiger partial charge in [-0.2, -0.15) is 18.6 Å². The Morgan fingerprint density at radius 3 is 2.50 bits per heavy atom. The first kappa shape index (κ1) is 16.4. The van der Waals surface area contributed by atoms with Crippen LogP contribution in [-0.2, 0) is 10.1 Å². The van der Waals surface area contributed by atoms with E-state index in [0.29, 0.717) is 21.6 Å². The lowest BCUT2D eigenvalue weighted by Crippen LogP contribution is -1.96. The van der Waals surface area contributed by atoms with Crippen LogP contribution in [0, 0.1) is 0 Å². The number of anilines is 1. The van der Waals surface area contributed by atoms with Crippen LogP contribution < -0.4 is 10.5 Å². The number of rotatable bonds is 4. The van der Waals surface area contributed by atoms with Crippen molar-refractivity contribution in [2.45, 2.75) is 4.90 Å². The van der Waals surface area contributed by atoms with Gasteiger partial charge in [0.05, 0.1) is 29.1 Å². The average Bonchev–Trinajstić information content (AvgIpc) is 2.47. The zero-order valence-electron chi connectivity index (χ0n) is 11.4. The highest BCUT2D eigenvalue weighted by Crippen LogP contribution is 2.35. The largest absolute Gasteiger partial charge is 0.494 e. The van der Waals surface area contributed by atoms with E-state index in [0.717, 1.165) is 0 Å². The molecular weight excluding hydrogens is 374 g/mol.